The maximum atomic E-state index is 11.2. The van der Waals surface area contributed by atoms with Crippen LogP contribution in [-0.2, 0) is 4.79 Å². The summed E-state index contributed by atoms with van der Waals surface area (Å²) in [5.74, 6) is 0.787. The minimum absolute atomic E-state index is 0.103. The van der Waals surface area contributed by atoms with Crippen LogP contribution in [0.2, 0.25) is 0 Å². The summed E-state index contributed by atoms with van der Waals surface area (Å²) in [5.41, 5.74) is 0. The van der Waals surface area contributed by atoms with Crippen LogP contribution in [0.15, 0.2) is 17.5 Å². The predicted molar refractivity (Wildman–Crippen MR) is 89.4 cm³/mol. The zero-order valence-electron chi connectivity index (χ0n) is 12.6. The van der Waals surface area contributed by atoms with E-state index in [2.05, 4.69) is 38.6 Å². The van der Waals surface area contributed by atoms with E-state index >= 15 is 0 Å². The summed E-state index contributed by atoms with van der Waals surface area (Å²) in [6.45, 7) is 5.26. The van der Waals surface area contributed by atoms with Crippen molar-refractivity contribution in [3.63, 3.8) is 0 Å². The number of halogens is 1. The highest BCUT2D eigenvalue weighted by Crippen LogP contribution is 2.26. The molecule has 6 nitrogen and oxygen atoms in total. The molecular weight excluding hydrogens is 322 g/mol. The molecule has 2 aromatic rings. The molecule has 0 aliphatic carbocycles. The first-order valence-electron chi connectivity index (χ1n) is 6.97. The summed E-state index contributed by atoms with van der Waals surface area (Å²) >= 11 is 7.73. The standard InChI is InChI=1S/C14H18ClN5OS/c1-4-10(11-6-5-7-22-11)17-14-19-12(8(2)15)18-13(20-14)16-9(3)21/h5-8,10H,4H2,1-3H3,(H2,16,17,18,19,20,21). The molecule has 0 fully saturated rings. The number of carbonyl (C=O) groups excluding carboxylic acids is 1. The fourth-order valence-electron chi connectivity index (χ4n) is 1.87. The van der Waals surface area contributed by atoms with Gasteiger partial charge in [0.15, 0.2) is 5.82 Å². The Morgan fingerprint density at radius 2 is 2.09 bits per heavy atom. The Hall–Kier alpha value is -1.73. The summed E-state index contributed by atoms with van der Waals surface area (Å²) in [4.78, 5) is 25.1. The second kappa shape index (κ2) is 7.51. The lowest BCUT2D eigenvalue weighted by Crippen LogP contribution is -2.16. The van der Waals surface area contributed by atoms with Crippen molar-refractivity contribution in [3.05, 3.63) is 28.2 Å². The van der Waals surface area contributed by atoms with Crippen molar-refractivity contribution < 1.29 is 4.79 Å². The van der Waals surface area contributed by atoms with Crippen LogP contribution in [0.25, 0.3) is 0 Å². The van der Waals surface area contributed by atoms with Gasteiger partial charge >= 0.3 is 0 Å². The van der Waals surface area contributed by atoms with Gasteiger partial charge in [0.2, 0.25) is 17.8 Å². The summed E-state index contributed by atoms with van der Waals surface area (Å²) in [7, 11) is 0. The van der Waals surface area contributed by atoms with Crippen LogP contribution in [-0.4, -0.2) is 20.9 Å². The molecule has 0 radical (unpaired) electrons. The summed E-state index contributed by atoms with van der Waals surface area (Å²) in [6.07, 6.45) is 0.882. The van der Waals surface area contributed by atoms with Gasteiger partial charge in [-0.25, -0.2) is 0 Å². The largest absolute Gasteiger partial charge is 0.346 e. The Balaban J connectivity index is 2.28. The van der Waals surface area contributed by atoms with Crippen LogP contribution in [0.5, 0.6) is 0 Å². The number of carbonyl (C=O) groups is 1. The third-order valence-electron chi connectivity index (χ3n) is 2.89. The molecule has 0 bridgehead atoms. The average molecular weight is 340 g/mol. The molecule has 0 aromatic carbocycles. The average Bonchev–Trinajstić information content (AvgIpc) is 2.97. The molecule has 8 heteroatoms. The molecule has 0 aliphatic rings. The van der Waals surface area contributed by atoms with Gasteiger partial charge in [0.25, 0.3) is 0 Å². The Kier molecular flexibility index (Phi) is 5.68. The Bertz CT molecular complexity index is 632. The quantitative estimate of drug-likeness (QED) is 0.783. The van der Waals surface area contributed by atoms with E-state index in [9.17, 15) is 4.79 Å². The van der Waals surface area contributed by atoms with Crippen LogP contribution in [0.4, 0.5) is 11.9 Å². The van der Waals surface area contributed by atoms with Crippen molar-refractivity contribution in [2.45, 2.75) is 38.6 Å². The first kappa shape index (κ1) is 16.6. The van der Waals surface area contributed by atoms with Gasteiger partial charge in [-0.1, -0.05) is 13.0 Å². The van der Waals surface area contributed by atoms with Crippen molar-refractivity contribution in [2.75, 3.05) is 10.6 Å². The van der Waals surface area contributed by atoms with Crippen molar-refractivity contribution >= 4 is 40.7 Å². The maximum Gasteiger partial charge on any atom is 0.234 e. The van der Waals surface area contributed by atoms with Gasteiger partial charge in [-0.3, -0.25) is 10.1 Å². The van der Waals surface area contributed by atoms with Gasteiger partial charge in [-0.05, 0) is 24.8 Å². The highest BCUT2D eigenvalue weighted by atomic mass is 35.5. The number of anilines is 2. The number of rotatable bonds is 6. The second-order valence-electron chi connectivity index (χ2n) is 4.76. The monoisotopic (exact) mass is 339 g/mol. The van der Waals surface area contributed by atoms with Crippen LogP contribution < -0.4 is 10.6 Å². The fourth-order valence-corrected chi connectivity index (χ4v) is 2.83. The third kappa shape index (κ3) is 4.38. The number of aromatic nitrogens is 3. The van der Waals surface area contributed by atoms with Crippen LogP contribution in [0, 0.1) is 0 Å². The molecule has 2 N–H and O–H groups in total. The van der Waals surface area contributed by atoms with Gasteiger partial charge in [0.1, 0.15) is 0 Å². The molecule has 22 heavy (non-hydrogen) atoms. The van der Waals surface area contributed by atoms with Crippen LogP contribution in [0.1, 0.15) is 49.3 Å². The van der Waals surface area contributed by atoms with E-state index < -0.39 is 0 Å². The molecule has 1 amide bonds. The normalized spacial score (nSPS) is 13.5. The smallest absolute Gasteiger partial charge is 0.234 e. The van der Waals surface area contributed by atoms with E-state index in [4.69, 9.17) is 11.6 Å². The van der Waals surface area contributed by atoms with Gasteiger partial charge in [0, 0.05) is 11.8 Å². The van der Waals surface area contributed by atoms with Gasteiger partial charge < -0.3 is 5.32 Å². The number of hydrogen-bond acceptors (Lipinski definition) is 6. The number of thiophene rings is 1. The Morgan fingerprint density at radius 3 is 2.64 bits per heavy atom. The summed E-state index contributed by atoms with van der Waals surface area (Å²) in [5, 5.41) is 7.50. The second-order valence-corrected chi connectivity index (χ2v) is 6.39. The number of alkyl halides is 1. The molecular formula is C14H18ClN5OS. The SMILES string of the molecule is CCC(Nc1nc(NC(C)=O)nc(C(C)Cl)n1)c1cccs1. The van der Waals surface area contributed by atoms with E-state index in [0.717, 1.165) is 6.42 Å². The number of nitrogens with one attached hydrogen (secondary N) is 2. The van der Waals surface area contributed by atoms with Crippen LogP contribution >= 0.6 is 22.9 Å². The summed E-state index contributed by atoms with van der Waals surface area (Å²) < 4.78 is 0. The summed E-state index contributed by atoms with van der Waals surface area (Å²) in [6, 6.07) is 4.17. The predicted octanol–water partition coefficient (Wildman–Crippen LogP) is 3.75. The first-order valence-corrected chi connectivity index (χ1v) is 8.28. The molecule has 2 rings (SSSR count). The molecule has 118 valence electrons. The number of nitrogens with zero attached hydrogens (tertiary/aromatic N) is 3. The van der Waals surface area contributed by atoms with Crippen molar-refractivity contribution in [3.8, 4) is 0 Å². The van der Waals surface area contributed by atoms with Gasteiger partial charge in [0.05, 0.1) is 11.4 Å². The third-order valence-corrected chi connectivity index (χ3v) is 4.08. The highest BCUT2D eigenvalue weighted by molar-refractivity contribution is 7.10. The molecule has 2 aromatic heterocycles. The van der Waals surface area contributed by atoms with E-state index in [1.807, 2.05) is 11.4 Å². The minimum Gasteiger partial charge on any atom is -0.346 e. The lowest BCUT2D eigenvalue weighted by atomic mass is 10.2. The lowest BCUT2D eigenvalue weighted by Gasteiger charge is -2.16. The van der Waals surface area contributed by atoms with Crippen molar-refractivity contribution in [1.82, 2.24) is 15.0 Å². The van der Waals surface area contributed by atoms with E-state index in [-0.39, 0.29) is 23.3 Å². The van der Waals surface area contributed by atoms with Crippen LogP contribution in [0.3, 0.4) is 0 Å². The molecule has 0 aliphatic heterocycles. The Labute approximate surface area is 138 Å². The molecule has 2 unspecified atom stereocenters. The maximum absolute atomic E-state index is 11.2. The van der Waals surface area contributed by atoms with Crippen molar-refractivity contribution in [1.29, 1.82) is 0 Å². The molecule has 2 atom stereocenters. The van der Waals surface area contributed by atoms with E-state index in [1.54, 1.807) is 18.3 Å². The Morgan fingerprint density at radius 1 is 1.36 bits per heavy atom. The zero-order chi connectivity index (χ0) is 16.1. The molecule has 0 saturated heterocycles. The van der Waals surface area contributed by atoms with Gasteiger partial charge in [-0.2, -0.15) is 15.0 Å². The lowest BCUT2D eigenvalue weighted by molar-refractivity contribution is -0.114. The topological polar surface area (TPSA) is 79.8 Å². The highest BCUT2D eigenvalue weighted by Gasteiger charge is 2.16. The number of hydrogen-bond donors (Lipinski definition) is 2. The molecule has 0 saturated carbocycles. The first-order chi connectivity index (χ1) is 10.5. The molecule has 2 heterocycles. The number of amides is 1. The van der Waals surface area contributed by atoms with E-state index in [0.29, 0.717) is 11.8 Å². The minimum atomic E-state index is -0.377. The van der Waals surface area contributed by atoms with Gasteiger partial charge in [-0.15, -0.1) is 22.9 Å². The fraction of sp³-hybridized carbons (Fsp3) is 0.429. The van der Waals surface area contributed by atoms with E-state index in [1.165, 1.54) is 11.8 Å². The zero-order valence-corrected chi connectivity index (χ0v) is 14.2. The van der Waals surface area contributed by atoms with Crippen molar-refractivity contribution in [2.24, 2.45) is 0 Å². The molecule has 0 spiro atoms.